The second kappa shape index (κ2) is 6.64. The van der Waals surface area contributed by atoms with E-state index in [1.54, 1.807) is 24.3 Å². The summed E-state index contributed by atoms with van der Waals surface area (Å²) in [5.74, 6) is -1.42. The first-order chi connectivity index (χ1) is 9.95. The maximum absolute atomic E-state index is 11.4. The topological polar surface area (TPSA) is 90.8 Å². The molecule has 1 aliphatic rings. The molecule has 1 heterocycles. The maximum Gasteiger partial charge on any atom is 0.317 e. The summed E-state index contributed by atoms with van der Waals surface area (Å²) in [6, 6.07) is 6.97. The largest absolute Gasteiger partial charge is 0.480 e. The van der Waals surface area contributed by atoms with Crippen molar-refractivity contribution in [3.8, 4) is 0 Å². The summed E-state index contributed by atoms with van der Waals surface area (Å²) in [6.45, 7) is 3.81. The van der Waals surface area contributed by atoms with Crippen molar-refractivity contribution in [1.29, 1.82) is 0 Å². The van der Waals surface area contributed by atoms with E-state index in [-0.39, 0.29) is 17.5 Å². The number of nitrogens with zero attached hydrogens (tertiary/aromatic N) is 1. The van der Waals surface area contributed by atoms with Gasteiger partial charge in [0.25, 0.3) is 0 Å². The number of hydrogen-bond donors (Lipinski definition) is 3. The summed E-state index contributed by atoms with van der Waals surface area (Å²) in [4.78, 5) is 22.3. The summed E-state index contributed by atoms with van der Waals surface area (Å²) in [7, 11) is 0. The fraction of sp³-hybridized carbons (Fsp3) is 0.154. The average Bonchev–Trinajstić information content (AvgIpc) is 2.45. The van der Waals surface area contributed by atoms with E-state index in [0.29, 0.717) is 10.7 Å². The molecule has 1 fully saturated rings. The van der Waals surface area contributed by atoms with Crippen molar-refractivity contribution in [3.63, 3.8) is 0 Å². The van der Waals surface area contributed by atoms with Crippen molar-refractivity contribution in [2.75, 3.05) is 0 Å². The van der Waals surface area contributed by atoms with E-state index in [4.69, 9.17) is 16.7 Å². The van der Waals surface area contributed by atoms with Crippen LogP contribution in [-0.4, -0.2) is 27.4 Å². The molecule has 3 N–H and O–H groups in total. The Hall–Kier alpha value is -1.99. The third-order valence-electron chi connectivity index (χ3n) is 2.63. The molecule has 8 heteroatoms. The molecule has 6 nitrogen and oxygen atoms in total. The first kappa shape index (κ1) is 15.4. The summed E-state index contributed by atoms with van der Waals surface area (Å²) in [5.41, 5.74) is 3.98. The van der Waals surface area contributed by atoms with Crippen molar-refractivity contribution in [2.45, 2.75) is 11.7 Å². The molecule has 0 aliphatic carbocycles. The Morgan fingerprint density at radius 1 is 1.48 bits per heavy atom. The van der Waals surface area contributed by atoms with Crippen LogP contribution >= 0.6 is 23.4 Å². The number of carboxylic acids is 1. The lowest BCUT2D eigenvalue weighted by Crippen LogP contribution is -2.40. The minimum absolute atomic E-state index is 0.0723. The highest BCUT2D eigenvalue weighted by Crippen LogP contribution is 2.21. The van der Waals surface area contributed by atoms with Gasteiger partial charge in [0.15, 0.2) is 5.17 Å². The fourth-order valence-electron chi connectivity index (χ4n) is 1.57. The molecule has 0 saturated carbocycles. The van der Waals surface area contributed by atoms with Gasteiger partial charge >= 0.3 is 5.97 Å². The number of carboxylic acid groups (broad SMARTS) is 1. The van der Waals surface area contributed by atoms with Crippen molar-refractivity contribution < 1.29 is 14.7 Å². The monoisotopic (exact) mass is 325 g/mol. The minimum Gasteiger partial charge on any atom is -0.480 e. The van der Waals surface area contributed by atoms with Crippen LogP contribution in [0.2, 0.25) is 5.02 Å². The number of hydrazone groups is 1. The van der Waals surface area contributed by atoms with Gasteiger partial charge in [0.2, 0.25) is 5.91 Å². The van der Waals surface area contributed by atoms with Crippen LogP contribution in [0.5, 0.6) is 0 Å². The van der Waals surface area contributed by atoms with Gasteiger partial charge in [-0.1, -0.05) is 42.1 Å². The lowest BCUT2D eigenvalue weighted by atomic mass is 10.2. The van der Waals surface area contributed by atoms with E-state index < -0.39 is 11.2 Å². The van der Waals surface area contributed by atoms with Gasteiger partial charge in [-0.25, -0.2) is 0 Å². The first-order valence-corrected chi connectivity index (χ1v) is 7.19. The molecule has 1 saturated heterocycles. The predicted octanol–water partition coefficient (Wildman–Crippen LogP) is 1.88. The van der Waals surface area contributed by atoms with E-state index in [1.165, 1.54) is 0 Å². The van der Waals surface area contributed by atoms with Crippen LogP contribution in [0.4, 0.5) is 0 Å². The van der Waals surface area contributed by atoms with Crippen molar-refractivity contribution in [2.24, 2.45) is 5.10 Å². The Balaban J connectivity index is 2.02. The van der Waals surface area contributed by atoms with Gasteiger partial charge in [0.1, 0.15) is 5.25 Å². The second-order valence-corrected chi connectivity index (χ2v) is 5.84. The molecular formula is C13H12ClN3O3S. The van der Waals surface area contributed by atoms with Crippen LogP contribution in [0.3, 0.4) is 0 Å². The van der Waals surface area contributed by atoms with Crippen LogP contribution in [-0.2, 0) is 9.59 Å². The Morgan fingerprint density at radius 3 is 2.76 bits per heavy atom. The molecule has 1 atom stereocenters. The average molecular weight is 326 g/mol. The minimum atomic E-state index is -1.04. The van der Waals surface area contributed by atoms with Gasteiger partial charge in [-0.15, -0.1) is 5.10 Å². The van der Waals surface area contributed by atoms with Gasteiger partial charge in [-0.2, -0.15) is 0 Å². The SMILES string of the molecule is C=C(NN=C1NC(=O)CC(C(=O)O)S1)c1ccc(Cl)cc1. The van der Waals surface area contributed by atoms with Crippen LogP contribution in [0.25, 0.3) is 5.70 Å². The number of benzene rings is 1. The second-order valence-electron chi connectivity index (χ2n) is 4.21. The van der Waals surface area contributed by atoms with Gasteiger partial charge in [-0.3, -0.25) is 15.0 Å². The molecule has 1 aromatic rings. The molecule has 1 aliphatic heterocycles. The fourth-order valence-corrected chi connectivity index (χ4v) is 2.57. The van der Waals surface area contributed by atoms with Gasteiger partial charge in [-0.05, 0) is 17.7 Å². The van der Waals surface area contributed by atoms with E-state index >= 15 is 0 Å². The highest BCUT2D eigenvalue weighted by Gasteiger charge is 2.29. The van der Waals surface area contributed by atoms with E-state index in [1.807, 2.05) is 0 Å². The highest BCUT2D eigenvalue weighted by molar-refractivity contribution is 8.15. The molecule has 2 rings (SSSR count). The molecule has 0 aromatic heterocycles. The Bertz CT molecular complexity index is 616. The molecule has 1 unspecified atom stereocenters. The Kier molecular flexibility index (Phi) is 4.87. The third-order valence-corrected chi connectivity index (χ3v) is 3.95. The smallest absolute Gasteiger partial charge is 0.317 e. The number of aliphatic carboxylic acids is 1. The molecule has 1 aromatic carbocycles. The molecule has 0 radical (unpaired) electrons. The zero-order chi connectivity index (χ0) is 15.4. The zero-order valence-electron chi connectivity index (χ0n) is 10.8. The first-order valence-electron chi connectivity index (χ1n) is 5.93. The number of carbonyl (C=O) groups excluding carboxylic acids is 1. The van der Waals surface area contributed by atoms with Gasteiger partial charge in [0, 0.05) is 11.4 Å². The Labute approximate surface area is 130 Å². The van der Waals surface area contributed by atoms with Crippen molar-refractivity contribution in [1.82, 2.24) is 10.7 Å². The van der Waals surface area contributed by atoms with Crippen LogP contribution < -0.4 is 10.7 Å². The van der Waals surface area contributed by atoms with Crippen molar-refractivity contribution >= 4 is 46.1 Å². The van der Waals surface area contributed by atoms with Crippen molar-refractivity contribution in [3.05, 3.63) is 41.4 Å². The zero-order valence-corrected chi connectivity index (χ0v) is 12.4. The predicted molar refractivity (Wildman–Crippen MR) is 82.8 cm³/mol. The van der Waals surface area contributed by atoms with Gasteiger partial charge in [0.05, 0.1) is 5.70 Å². The highest BCUT2D eigenvalue weighted by atomic mass is 35.5. The number of nitrogens with one attached hydrogen (secondary N) is 2. The number of halogens is 1. The third kappa shape index (κ3) is 4.24. The summed E-state index contributed by atoms with van der Waals surface area (Å²) in [5, 5.41) is 15.4. The molecule has 0 bridgehead atoms. The number of hydrogen-bond acceptors (Lipinski definition) is 5. The molecule has 21 heavy (non-hydrogen) atoms. The molecule has 110 valence electrons. The van der Waals surface area contributed by atoms with Gasteiger partial charge < -0.3 is 10.4 Å². The number of thioether (sulfide) groups is 1. The number of carbonyl (C=O) groups is 2. The lowest BCUT2D eigenvalue weighted by Gasteiger charge is -2.19. The van der Waals surface area contributed by atoms with Crippen LogP contribution in [0.15, 0.2) is 35.9 Å². The normalized spacial score (nSPS) is 20.0. The summed E-state index contributed by atoms with van der Waals surface area (Å²) >= 11 is 6.77. The number of amides is 1. The van der Waals surface area contributed by atoms with E-state index in [2.05, 4.69) is 22.4 Å². The maximum atomic E-state index is 11.4. The number of rotatable bonds is 4. The summed E-state index contributed by atoms with van der Waals surface area (Å²) < 4.78 is 0. The molecule has 0 spiro atoms. The Morgan fingerprint density at radius 2 is 2.14 bits per heavy atom. The van der Waals surface area contributed by atoms with E-state index in [9.17, 15) is 9.59 Å². The standard InChI is InChI=1S/C13H12ClN3O3S/c1-7(8-2-4-9(14)5-3-8)16-17-13-15-11(18)6-10(21-13)12(19)20/h2-5,10,16H,1,6H2,(H,19,20)(H,15,17,18). The quantitative estimate of drug-likeness (QED) is 0.735. The van der Waals surface area contributed by atoms with E-state index in [0.717, 1.165) is 17.3 Å². The molecular weight excluding hydrogens is 314 g/mol. The lowest BCUT2D eigenvalue weighted by molar-refractivity contribution is -0.138. The number of amidine groups is 1. The van der Waals surface area contributed by atoms with Crippen LogP contribution in [0, 0.1) is 0 Å². The molecule has 1 amide bonds. The summed E-state index contributed by atoms with van der Waals surface area (Å²) in [6.07, 6.45) is -0.0723. The van der Waals surface area contributed by atoms with Crippen LogP contribution in [0.1, 0.15) is 12.0 Å².